The number of benzene rings is 2. The molecule has 148 valence electrons. The predicted molar refractivity (Wildman–Crippen MR) is 92.2 cm³/mol. The Balaban J connectivity index is 1.84. The van der Waals surface area contributed by atoms with Gasteiger partial charge in [-0.3, -0.25) is 0 Å². The molecular weight excluding hydrogens is 406 g/mol. The fourth-order valence-electron chi connectivity index (χ4n) is 2.49. The first kappa shape index (κ1) is 20.1. The van der Waals surface area contributed by atoms with Crippen molar-refractivity contribution < 1.29 is 36.2 Å². The first-order chi connectivity index (χ1) is 13.0. The van der Waals surface area contributed by atoms with Gasteiger partial charge in [0.2, 0.25) is 0 Å². The highest BCUT2D eigenvalue weighted by atomic mass is 32.1. The Kier molecular flexibility index (Phi) is 5.29. The summed E-state index contributed by atoms with van der Waals surface area (Å²) in [5.41, 5.74) is -2.32. The molecule has 3 aromatic rings. The van der Waals surface area contributed by atoms with Crippen molar-refractivity contribution >= 4 is 11.3 Å². The van der Waals surface area contributed by atoms with Crippen LogP contribution in [-0.2, 0) is 19.0 Å². The Labute approximate surface area is 159 Å². The lowest BCUT2D eigenvalue weighted by atomic mass is 10.1. The first-order valence-corrected chi connectivity index (χ1v) is 8.64. The third-order valence-corrected chi connectivity index (χ3v) is 4.70. The summed E-state index contributed by atoms with van der Waals surface area (Å²) in [5, 5.41) is 9.54. The summed E-state index contributed by atoms with van der Waals surface area (Å²) < 4.78 is 82.9. The molecule has 1 N–H and O–H groups in total. The molecule has 2 nitrogen and oxygen atoms in total. The molecule has 0 radical (unpaired) electrons. The fourth-order valence-corrected chi connectivity index (χ4v) is 3.23. The van der Waals surface area contributed by atoms with Crippen molar-refractivity contribution in [1.29, 1.82) is 0 Å². The van der Waals surface area contributed by atoms with Crippen molar-refractivity contribution in [2.75, 3.05) is 0 Å². The van der Waals surface area contributed by atoms with Crippen LogP contribution in [0.2, 0.25) is 0 Å². The Hall–Kier alpha value is -2.68. The molecule has 0 atom stereocenters. The number of alkyl halides is 6. The van der Waals surface area contributed by atoms with Crippen LogP contribution in [0.4, 0.5) is 26.3 Å². The second-order valence-electron chi connectivity index (χ2n) is 5.87. The predicted octanol–water partition coefficient (Wildman–Crippen LogP) is 6.74. The summed E-state index contributed by atoms with van der Waals surface area (Å²) in [6.45, 7) is -0.466. The second-order valence-corrected chi connectivity index (χ2v) is 6.93. The maximum Gasteiger partial charge on any atom is 0.416 e. The van der Waals surface area contributed by atoms with E-state index in [0.717, 1.165) is 16.2 Å². The van der Waals surface area contributed by atoms with Crippen molar-refractivity contribution in [3.8, 4) is 21.3 Å². The zero-order valence-electron chi connectivity index (χ0n) is 13.9. The van der Waals surface area contributed by atoms with Crippen LogP contribution in [0, 0.1) is 0 Å². The molecule has 0 saturated heterocycles. The van der Waals surface area contributed by atoms with Gasteiger partial charge in [0.1, 0.15) is 12.4 Å². The van der Waals surface area contributed by atoms with Gasteiger partial charge in [0.25, 0.3) is 0 Å². The molecule has 0 amide bonds. The zero-order chi connectivity index (χ0) is 20.5. The molecule has 0 unspecified atom stereocenters. The maximum absolute atomic E-state index is 12.9. The van der Waals surface area contributed by atoms with Crippen LogP contribution in [0.15, 0.2) is 54.6 Å². The molecule has 0 bridgehead atoms. The molecule has 9 heteroatoms. The Morgan fingerprint density at radius 3 is 2.00 bits per heavy atom. The second kappa shape index (κ2) is 7.38. The number of hydrogen-bond acceptors (Lipinski definition) is 3. The normalized spacial score (nSPS) is 12.2. The van der Waals surface area contributed by atoms with Crippen LogP contribution in [0.3, 0.4) is 0 Å². The highest BCUT2D eigenvalue weighted by Gasteiger charge is 2.36. The lowest BCUT2D eigenvalue weighted by molar-refractivity contribution is -0.143. The third kappa shape index (κ3) is 4.78. The quantitative estimate of drug-likeness (QED) is 0.476. The number of ether oxygens (including phenoxy) is 1. The van der Waals surface area contributed by atoms with Crippen molar-refractivity contribution in [2.45, 2.75) is 19.0 Å². The third-order valence-electron chi connectivity index (χ3n) is 3.76. The van der Waals surface area contributed by atoms with E-state index in [1.807, 2.05) is 0 Å². The van der Waals surface area contributed by atoms with E-state index in [9.17, 15) is 31.4 Å². The van der Waals surface area contributed by atoms with E-state index in [2.05, 4.69) is 0 Å². The standard InChI is InChI=1S/C19H12F6O2S/c20-18(21,22)13-6-11(7-14(9-13)19(23,24)25)10-27-15-3-1-2-12(8-15)16-4-5-17(26)28-16/h1-9,26H,10H2. The van der Waals surface area contributed by atoms with Gasteiger partial charge in [-0.15, -0.1) is 0 Å². The van der Waals surface area contributed by atoms with Gasteiger partial charge >= 0.3 is 12.4 Å². The average molecular weight is 418 g/mol. The lowest BCUT2D eigenvalue weighted by Crippen LogP contribution is -2.12. The van der Waals surface area contributed by atoms with E-state index >= 15 is 0 Å². The summed E-state index contributed by atoms with van der Waals surface area (Å²) >= 11 is 1.12. The molecule has 0 aliphatic rings. The zero-order valence-corrected chi connectivity index (χ0v) is 14.8. The van der Waals surface area contributed by atoms with Gasteiger partial charge in [-0.1, -0.05) is 23.5 Å². The van der Waals surface area contributed by atoms with Gasteiger partial charge in [0, 0.05) is 4.88 Å². The van der Waals surface area contributed by atoms with Crippen molar-refractivity contribution in [3.63, 3.8) is 0 Å². The van der Waals surface area contributed by atoms with Crippen LogP contribution in [-0.4, -0.2) is 5.11 Å². The molecule has 0 fully saturated rings. The number of aromatic hydroxyl groups is 1. The molecule has 0 spiro atoms. The number of hydrogen-bond donors (Lipinski definition) is 1. The first-order valence-electron chi connectivity index (χ1n) is 7.83. The van der Waals surface area contributed by atoms with Gasteiger partial charge < -0.3 is 9.84 Å². The topological polar surface area (TPSA) is 29.5 Å². The largest absolute Gasteiger partial charge is 0.499 e. The number of halogens is 6. The monoisotopic (exact) mass is 418 g/mol. The minimum atomic E-state index is -4.91. The highest BCUT2D eigenvalue weighted by molar-refractivity contribution is 7.17. The number of rotatable bonds is 4. The SMILES string of the molecule is Oc1ccc(-c2cccc(OCc3cc(C(F)(F)F)cc(C(F)(F)F)c3)c2)s1. The lowest BCUT2D eigenvalue weighted by Gasteiger charge is -2.15. The smallest absolute Gasteiger partial charge is 0.416 e. The summed E-state index contributed by atoms with van der Waals surface area (Å²) in [5.74, 6) is 0.274. The van der Waals surface area contributed by atoms with Crippen LogP contribution >= 0.6 is 11.3 Å². The van der Waals surface area contributed by atoms with Crippen molar-refractivity contribution in [1.82, 2.24) is 0 Å². The Morgan fingerprint density at radius 2 is 1.46 bits per heavy atom. The van der Waals surface area contributed by atoms with E-state index in [-0.39, 0.29) is 22.4 Å². The maximum atomic E-state index is 12.9. The summed E-state index contributed by atoms with van der Waals surface area (Å²) in [7, 11) is 0. The molecule has 0 aliphatic heterocycles. The summed E-state index contributed by atoms with van der Waals surface area (Å²) in [4.78, 5) is 0.737. The molecule has 3 rings (SSSR count). The summed E-state index contributed by atoms with van der Waals surface area (Å²) in [6, 6.07) is 11.0. The molecule has 1 aromatic heterocycles. The Bertz CT molecular complexity index is 943. The highest BCUT2D eigenvalue weighted by Crippen LogP contribution is 2.37. The minimum absolute atomic E-state index is 0.0768. The van der Waals surface area contributed by atoms with Crippen molar-refractivity contribution in [3.05, 3.63) is 71.3 Å². The van der Waals surface area contributed by atoms with Crippen LogP contribution in [0.1, 0.15) is 16.7 Å². The van der Waals surface area contributed by atoms with E-state index in [1.165, 1.54) is 12.1 Å². The van der Waals surface area contributed by atoms with Crippen LogP contribution < -0.4 is 4.74 Å². The van der Waals surface area contributed by atoms with E-state index in [1.54, 1.807) is 24.3 Å². The molecule has 0 aliphatic carbocycles. The summed E-state index contributed by atoms with van der Waals surface area (Å²) in [6.07, 6.45) is -9.81. The van der Waals surface area contributed by atoms with E-state index in [0.29, 0.717) is 17.7 Å². The molecule has 0 saturated carbocycles. The van der Waals surface area contributed by atoms with Gasteiger partial charge in [0.15, 0.2) is 5.06 Å². The molecule has 28 heavy (non-hydrogen) atoms. The van der Waals surface area contributed by atoms with Gasteiger partial charge in [-0.25, -0.2) is 0 Å². The van der Waals surface area contributed by atoms with E-state index in [4.69, 9.17) is 4.74 Å². The van der Waals surface area contributed by atoms with Gasteiger partial charge in [0.05, 0.1) is 11.1 Å². The fraction of sp³-hybridized carbons (Fsp3) is 0.158. The number of thiophene rings is 1. The van der Waals surface area contributed by atoms with Gasteiger partial charge in [-0.05, 0) is 53.6 Å². The van der Waals surface area contributed by atoms with Crippen molar-refractivity contribution in [2.24, 2.45) is 0 Å². The van der Waals surface area contributed by atoms with Crippen LogP contribution in [0.25, 0.3) is 10.4 Å². The van der Waals surface area contributed by atoms with Crippen LogP contribution in [0.5, 0.6) is 10.8 Å². The Morgan fingerprint density at radius 1 is 0.821 bits per heavy atom. The molecular formula is C19H12F6O2S. The average Bonchev–Trinajstić information content (AvgIpc) is 3.05. The van der Waals surface area contributed by atoms with Gasteiger partial charge in [-0.2, -0.15) is 26.3 Å². The molecule has 2 aromatic carbocycles. The van der Waals surface area contributed by atoms with E-state index < -0.39 is 30.1 Å². The minimum Gasteiger partial charge on any atom is -0.499 e. The molecule has 1 heterocycles.